The van der Waals surface area contributed by atoms with Gasteiger partial charge in [-0.25, -0.2) is 0 Å². The number of carbonyl (C=O) groups excluding carboxylic acids is 1. The third-order valence-electron chi connectivity index (χ3n) is 3.27. The second-order valence-electron chi connectivity index (χ2n) is 4.39. The highest BCUT2D eigenvalue weighted by molar-refractivity contribution is 7.10. The zero-order valence-electron chi connectivity index (χ0n) is 9.58. The first-order valence-corrected chi connectivity index (χ1v) is 6.90. The van der Waals surface area contributed by atoms with Gasteiger partial charge in [0.25, 0.3) is 0 Å². The van der Waals surface area contributed by atoms with Crippen LogP contribution in [0.2, 0.25) is 0 Å². The first kappa shape index (κ1) is 11.6. The Hall–Kier alpha value is -0.890. The smallest absolute Gasteiger partial charge is 0.140 e. The highest BCUT2D eigenvalue weighted by Crippen LogP contribution is 2.36. The zero-order valence-corrected chi connectivity index (χ0v) is 10.4. The summed E-state index contributed by atoms with van der Waals surface area (Å²) >= 11 is 1.81. The van der Waals surface area contributed by atoms with Gasteiger partial charge in [-0.15, -0.1) is 17.9 Å². The van der Waals surface area contributed by atoms with Gasteiger partial charge in [-0.1, -0.05) is 6.08 Å². The van der Waals surface area contributed by atoms with Crippen molar-refractivity contribution in [2.24, 2.45) is 0 Å². The van der Waals surface area contributed by atoms with Crippen molar-refractivity contribution in [3.63, 3.8) is 0 Å². The fraction of sp³-hybridized carbons (Fsp3) is 0.500. The summed E-state index contributed by atoms with van der Waals surface area (Å²) in [5.41, 5.74) is 1.32. The monoisotopic (exact) mass is 234 g/mol. The van der Waals surface area contributed by atoms with E-state index in [1.807, 2.05) is 6.08 Å². The third-order valence-corrected chi connectivity index (χ3v) is 4.27. The van der Waals surface area contributed by atoms with E-state index in [0.29, 0.717) is 12.2 Å². The minimum Gasteiger partial charge on any atom is -0.299 e. The maximum Gasteiger partial charge on any atom is 0.140 e. The topological polar surface area (TPSA) is 17.1 Å². The molecule has 0 amide bonds. The molecule has 1 aliphatic carbocycles. The lowest BCUT2D eigenvalue weighted by atomic mass is 9.83. The molecule has 1 aliphatic rings. The second-order valence-corrected chi connectivity index (χ2v) is 5.39. The molecule has 1 heterocycles. The van der Waals surface area contributed by atoms with Crippen LogP contribution in [0.15, 0.2) is 24.1 Å². The lowest BCUT2D eigenvalue weighted by molar-refractivity contribution is -0.120. The van der Waals surface area contributed by atoms with Gasteiger partial charge in [-0.05, 0) is 49.1 Å². The van der Waals surface area contributed by atoms with E-state index in [-0.39, 0.29) is 5.92 Å². The van der Waals surface area contributed by atoms with Crippen LogP contribution in [0.5, 0.6) is 0 Å². The zero-order chi connectivity index (χ0) is 11.4. The van der Waals surface area contributed by atoms with E-state index < -0.39 is 0 Å². The van der Waals surface area contributed by atoms with Crippen LogP contribution in [0.3, 0.4) is 0 Å². The molecule has 2 heteroatoms. The Morgan fingerprint density at radius 2 is 2.50 bits per heavy atom. The molecule has 1 atom stereocenters. The number of unbranched alkanes of at least 4 members (excludes halogenated alkanes) is 1. The predicted molar refractivity (Wildman–Crippen MR) is 69.1 cm³/mol. The number of hydrogen-bond acceptors (Lipinski definition) is 2. The molecule has 0 radical (unpaired) electrons. The van der Waals surface area contributed by atoms with E-state index in [4.69, 9.17) is 0 Å². The Kier molecular flexibility index (Phi) is 3.94. The molecule has 1 nitrogen and oxygen atoms in total. The Balaban J connectivity index is 2.00. The quantitative estimate of drug-likeness (QED) is 0.554. The number of aryl methyl sites for hydroxylation is 1. The van der Waals surface area contributed by atoms with E-state index in [9.17, 15) is 4.79 Å². The van der Waals surface area contributed by atoms with E-state index in [1.165, 1.54) is 23.3 Å². The highest BCUT2D eigenvalue weighted by Gasteiger charge is 2.26. The van der Waals surface area contributed by atoms with Crippen molar-refractivity contribution in [1.29, 1.82) is 0 Å². The van der Waals surface area contributed by atoms with Crippen LogP contribution in [-0.2, 0) is 11.2 Å². The number of Topliss-reactive ketones (excluding diaryl/α,β-unsaturated/α-hetero) is 1. The molecule has 0 saturated carbocycles. The lowest BCUT2D eigenvalue weighted by Gasteiger charge is -2.21. The molecular weight excluding hydrogens is 216 g/mol. The number of allylic oxidation sites excluding steroid dienone is 1. The fourth-order valence-electron chi connectivity index (χ4n) is 2.42. The molecule has 0 N–H and O–H groups in total. The molecule has 0 saturated heterocycles. The first-order chi connectivity index (χ1) is 7.83. The van der Waals surface area contributed by atoms with Gasteiger partial charge >= 0.3 is 0 Å². The van der Waals surface area contributed by atoms with Crippen molar-refractivity contribution >= 4 is 17.1 Å². The number of rotatable bonds is 5. The molecule has 1 unspecified atom stereocenters. The first-order valence-electron chi connectivity index (χ1n) is 6.03. The summed E-state index contributed by atoms with van der Waals surface area (Å²) in [6.45, 7) is 3.69. The van der Waals surface area contributed by atoms with Crippen molar-refractivity contribution in [2.45, 2.75) is 44.4 Å². The molecule has 0 aromatic carbocycles. The van der Waals surface area contributed by atoms with Gasteiger partial charge in [-0.2, -0.15) is 0 Å². The van der Waals surface area contributed by atoms with E-state index >= 15 is 0 Å². The SMILES string of the molecule is C=CCCCC(=O)C1CCCc2sccc21. The van der Waals surface area contributed by atoms with Crippen LogP contribution in [0.25, 0.3) is 0 Å². The molecule has 0 spiro atoms. The number of thiophene rings is 1. The van der Waals surface area contributed by atoms with Crippen LogP contribution in [0, 0.1) is 0 Å². The molecule has 2 rings (SSSR count). The van der Waals surface area contributed by atoms with Gasteiger partial charge < -0.3 is 0 Å². The maximum absolute atomic E-state index is 12.1. The molecule has 0 fully saturated rings. The molecule has 0 aliphatic heterocycles. The summed E-state index contributed by atoms with van der Waals surface area (Å²) in [6.07, 6.45) is 7.91. The van der Waals surface area contributed by atoms with Crippen molar-refractivity contribution in [3.8, 4) is 0 Å². The highest BCUT2D eigenvalue weighted by atomic mass is 32.1. The summed E-state index contributed by atoms with van der Waals surface area (Å²) in [5.74, 6) is 0.626. The largest absolute Gasteiger partial charge is 0.299 e. The van der Waals surface area contributed by atoms with Gasteiger partial charge in [0, 0.05) is 17.2 Å². The van der Waals surface area contributed by atoms with Crippen molar-refractivity contribution in [1.82, 2.24) is 0 Å². The number of fused-ring (bicyclic) bond motifs is 1. The van der Waals surface area contributed by atoms with E-state index in [0.717, 1.165) is 19.3 Å². The summed E-state index contributed by atoms with van der Waals surface area (Å²) in [6, 6.07) is 2.15. The molecule has 16 heavy (non-hydrogen) atoms. The number of hydrogen-bond donors (Lipinski definition) is 0. The fourth-order valence-corrected chi connectivity index (χ4v) is 3.40. The molecular formula is C14H18OS. The summed E-state index contributed by atoms with van der Waals surface area (Å²) < 4.78 is 0. The van der Waals surface area contributed by atoms with Crippen LogP contribution in [0.4, 0.5) is 0 Å². The van der Waals surface area contributed by atoms with Gasteiger partial charge in [0.15, 0.2) is 0 Å². The average Bonchev–Trinajstić information content (AvgIpc) is 2.76. The molecule has 1 aromatic rings. The second kappa shape index (κ2) is 5.44. The number of carbonyl (C=O) groups is 1. The molecule has 86 valence electrons. The van der Waals surface area contributed by atoms with Crippen molar-refractivity contribution < 1.29 is 4.79 Å². The number of ketones is 1. The Bertz CT molecular complexity index is 378. The predicted octanol–water partition coefficient (Wildman–Crippen LogP) is 4.09. The van der Waals surface area contributed by atoms with Gasteiger partial charge in [0.05, 0.1) is 0 Å². The third kappa shape index (κ3) is 2.43. The maximum atomic E-state index is 12.1. The standard InChI is InChI=1S/C14H18OS/c1-2-3-4-7-13(15)11-6-5-8-14-12(11)9-10-16-14/h2,9-11H,1,3-8H2. The van der Waals surface area contributed by atoms with E-state index in [2.05, 4.69) is 18.0 Å². The summed E-state index contributed by atoms with van der Waals surface area (Å²) in [4.78, 5) is 13.5. The molecule has 0 bridgehead atoms. The van der Waals surface area contributed by atoms with Crippen LogP contribution in [-0.4, -0.2) is 5.78 Å². The Morgan fingerprint density at radius 3 is 3.31 bits per heavy atom. The summed E-state index contributed by atoms with van der Waals surface area (Å²) in [7, 11) is 0. The lowest BCUT2D eigenvalue weighted by Crippen LogP contribution is -2.16. The van der Waals surface area contributed by atoms with Crippen LogP contribution < -0.4 is 0 Å². The average molecular weight is 234 g/mol. The van der Waals surface area contributed by atoms with Gasteiger partial charge in [0.1, 0.15) is 5.78 Å². The van der Waals surface area contributed by atoms with Gasteiger partial charge in [0.2, 0.25) is 0 Å². The van der Waals surface area contributed by atoms with E-state index in [1.54, 1.807) is 11.3 Å². The summed E-state index contributed by atoms with van der Waals surface area (Å²) in [5, 5.41) is 2.13. The molecule has 1 aromatic heterocycles. The minimum absolute atomic E-state index is 0.194. The Morgan fingerprint density at radius 1 is 1.62 bits per heavy atom. The van der Waals surface area contributed by atoms with Gasteiger partial charge in [-0.3, -0.25) is 4.79 Å². The van der Waals surface area contributed by atoms with Crippen molar-refractivity contribution in [2.75, 3.05) is 0 Å². The van der Waals surface area contributed by atoms with Crippen molar-refractivity contribution in [3.05, 3.63) is 34.5 Å². The minimum atomic E-state index is 0.194. The van der Waals surface area contributed by atoms with Crippen LogP contribution >= 0.6 is 11.3 Å². The Labute approximate surface area is 101 Å². The van der Waals surface area contributed by atoms with Crippen LogP contribution in [0.1, 0.15) is 48.5 Å². The normalized spacial score (nSPS) is 19.1.